The smallest absolute Gasteiger partial charge is 0.253 e. The van der Waals surface area contributed by atoms with Gasteiger partial charge in [0.15, 0.2) is 0 Å². The number of carbonyl (C=O) groups excluding carboxylic acids is 1. The van der Waals surface area contributed by atoms with Gasteiger partial charge >= 0.3 is 0 Å². The lowest BCUT2D eigenvalue weighted by Crippen LogP contribution is -2.44. The predicted molar refractivity (Wildman–Crippen MR) is 80.9 cm³/mol. The topological polar surface area (TPSA) is 71.2 Å². The molecule has 0 saturated carbocycles. The number of carbonyl (C=O) groups is 1. The van der Waals surface area contributed by atoms with Crippen molar-refractivity contribution in [2.24, 2.45) is 0 Å². The summed E-state index contributed by atoms with van der Waals surface area (Å²) in [6.07, 6.45) is 4.54. The van der Waals surface area contributed by atoms with Crippen LogP contribution in [0.1, 0.15) is 36.5 Å². The first-order valence-corrected chi connectivity index (χ1v) is 7.42. The summed E-state index contributed by atoms with van der Waals surface area (Å²) in [6.45, 7) is 5.38. The number of amides is 1. The van der Waals surface area contributed by atoms with Crippen LogP contribution in [0.3, 0.4) is 0 Å². The first-order valence-electron chi connectivity index (χ1n) is 7.04. The maximum atomic E-state index is 12.2. The van der Waals surface area contributed by atoms with Crippen molar-refractivity contribution in [2.75, 3.05) is 25.4 Å². The van der Waals surface area contributed by atoms with Crippen LogP contribution in [0.4, 0.5) is 5.69 Å². The summed E-state index contributed by atoms with van der Waals surface area (Å²) in [5.41, 5.74) is 6.53. The lowest BCUT2D eigenvalue weighted by Gasteiger charge is -2.32. The number of hydrogen-bond acceptors (Lipinski definition) is 4. The Balaban J connectivity index is 1.91. The Morgan fingerprint density at radius 3 is 2.90 bits per heavy atom. The molecule has 6 heteroatoms. The number of nitrogens with two attached hydrogens (primary N) is 1. The van der Waals surface area contributed by atoms with Crippen LogP contribution >= 0.6 is 11.6 Å². The van der Waals surface area contributed by atoms with Crippen molar-refractivity contribution in [2.45, 2.75) is 32.2 Å². The van der Waals surface area contributed by atoms with Crippen molar-refractivity contribution in [3.63, 3.8) is 0 Å². The zero-order valence-electron chi connectivity index (χ0n) is 11.7. The van der Waals surface area contributed by atoms with Crippen LogP contribution in [0, 0.1) is 0 Å². The van der Waals surface area contributed by atoms with Gasteiger partial charge in [0.2, 0.25) is 0 Å². The van der Waals surface area contributed by atoms with Crippen LogP contribution < -0.4 is 11.1 Å². The van der Waals surface area contributed by atoms with Crippen LogP contribution in [0.2, 0.25) is 5.15 Å². The number of nitrogens with zero attached hydrogens (tertiary/aromatic N) is 2. The quantitative estimate of drug-likeness (QED) is 0.833. The molecule has 2 rings (SSSR count). The Labute approximate surface area is 124 Å². The third-order valence-electron chi connectivity index (χ3n) is 3.61. The SMILES string of the molecule is CCCN1CCC(NC(=O)c2cc(Cl)ncc2N)CC1. The van der Waals surface area contributed by atoms with E-state index in [4.69, 9.17) is 17.3 Å². The molecule has 0 radical (unpaired) electrons. The third-order valence-corrected chi connectivity index (χ3v) is 3.82. The molecule has 110 valence electrons. The minimum absolute atomic E-state index is 0.166. The van der Waals surface area contributed by atoms with Gasteiger partial charge in [-0.25, -0.2) is 4.98 Å². The van der Waals surface area contributed by atoms with Crippen LogP contribution in [-0.4, -0.2) is 41.5 Å². The third kappa shape index (κ3) is 3.84. The maximum absolute atomic E-state index is 12.2. The lowest BCUT2D eigenvalue weighted by molar-refractivity contribution is 0.0912. The van der Waals surface area contributed by atoms with Crippen molar-refractivity contribution < 1.29 is 4.79 Å². The molecule has 1 aliphatic rings. The molecule has 2 heterocycles. The Bertz CT molecular complexity index is 472. The second-order valence-electron chi connectivity index (χ2n) is 5.18. The van der Waals surface area contributed by atoms with Gasteiger partial charge in [-0.3, -0.25) is 4.79 Å². The summed E-state index contributed by atoms with van der Waals surface area (Å²) in [5, 5.41) is 3.31. The summed E-state index contributed by atoms with van der Waals surface area (Å²) in [5.74, 6) is -0.166. The van der Waals surface area contributed by atoms with E-state index in [0.29, 0.717) is 11.3 Å². The fourth-order valence-electron chi connectivity index (χ4n) is 2.52. The highest BCUT2D eigenvalue weighted by Crippen LogP contribution is 2.16. The van der Waals surface area contributed by atoms with Crippen molar-refractivity contribution in [3.05, 3.63) is 23.0 Å². The molecule has 3 N–H and O–H groups in total. The van der Waals surface area contributed by atoms with E-state index in [9.17, 15) is 4.79 Å². The molecule has 5 nitrogen and oxygen atoms in total. The molecule has 1 aromatic rings. The Hall–Kier alpha value is -1.33. The Kier molecular flexibility index (Phi) is 5.20. The molecule has 0 unspecified atom stereocenters. The largest absolute Gasteiger partial charge is 0.397 e. The average molecular weight is 297 g/mol. The summed E-state index contributed by atoms with van der Waals surface area (Å²) >= 11 is 5.80. The van der Waals surface area contributed by atoms with Crippen molar-refractivity contribution in [1.82, 2.24) is 15.2 Å². The molecular weight excluding hydrogens is 276 g/mol. The number of halogens is 1. The summed E-state index contributed by atoms with van der Waals surface area (Å²) in [6, 6.07) is 1.72. The molecule has 1 saturated heterocycles. The average Bonchev–Trinajstić information content (AvgIpc) is 2.44. The van der Waals surface area contributed by atoms with Gasteiger partial charge in [0.25, 0.3) is 5.91 Å². The number of anilines is 1. The minimum atomic E-state index is -0.166. The first kappa shape index (κ1) is 15.1. The van der Waals surface area contributed by atoms with E-state index in [2.05, 4.69) is 22.1 Å². The van der Waals surface area contributed by atoms with E-state index in [1.54, 1.807) is 0 Å². The lowest BCUT2D eigenvalue weighted by atomic mass is 10.0. The van der Waals surface area contributed by atoms with Gasteiger partial charge in [0.1, 0.15) is 5.15 Å². The number of piperidine rings is 1. The number of nitrogen functional groups attached to an aromatic ring is 1. The zero-order chi connectivity index (χ0) is 14.5. The summed E-state index contributed by atoms with van der Waals surface area (Å²) in [4.78, 5) is 18.5. The molecule has 1 amide bonds. The van der Waals surface area contributed by atoms with E-state index in [-0.39, 0.29) is 17.1 Å². The molecular formula is C14H21ClN4O. The number of hydrogen-bond donors (Lipinski definition) is 2. The molecule has 1 fully saturated rings. The van der Waals surface area contributed by atoms with Crippen LogP contribution in [-0.2, 0) is 0 Å². The van der Waals surface area contributed by atoms with E-state index in [1.807, 2.05) is 0 Å². The molecule has 0 spiro atoms. The van der Waals surface area contributed by atoms with Crippen molar-refractivity contribution in [1.29, 1.82) is 0 Å². The van der Waals surface area contributed by atoms with Gasteiger partial charge in [0, 0.05) is 19.1 Å². The zero-order valence-corrected chi connectivity index (χ0v) is 12.5. The number of rotatable bonds is 4. The van der Waals surface area contributed by atoms with E-state index in [0.717, 1.165) is 32.5 Å². The van der Waals surface area contributed by atoms with Gasteiger partial charge in [-0.2, -0.15) is 0 Å². The Morgan fingerprint density at radius 1 is 1.55 bits per heavy atom. The predicted octanol–water partition coefficient (Wildman–Crippen LogP) is 1.92. The highest BCUT2D eigenvalue weighted by Gasteiger charge is 2.21. The molecule has 0 atom stereocenters. The fraction of sp³-hybridized carbons (Fsp3) is 0.571. The second kappa shape index (κ2) is 6.90. The van der Waals surface area contributed by atoms with Gasteiger partial charge in [0.05, 0.1) is 17.4 Å². The number of pyridine rings is 1. The van der Waals surface area contributed by atoms with E-state index in [1.165, 1.54) is 18.7 Å². The number of likely N-dealkylation sites (tertiary alicyclic amines) is 1. The Morgan fingerprint density at radius 2 is 2.25 bits per heavy atom. The van der Waals surface area contributed by atoms with Crippen LogP contribution in [0.25, 0.3) is 0 Å². The van der Waals surface area contributed by atoms with Crippen LogP contribution in [0.5, 0.6) is 0 Å². The molecule has 0 aliphatic carbocycles. The highest BCUT2D eigenvalue weighted by molar-refractivity contribution is 6.29. The summed E-state index contributed by atoms with van der Waals surface area (Å²) < 4.78 is 0. The normalized spacial score (nSPS) is 17.1. The molecule has 1 aromatic heterocycles. The molecule has 20 heavy (non-hydrogen) atoms. The summed E-state index contributed by atoms with van der Waals surface area (Å²) in [7, 11) is 0. The standard InChI is InChI=1S/C14H21ClN4O/c1-2-5-19-6-3-10(4-7-19)18-14(20)11-8-13(15)17-9-12(11)16/h8-10H,2-7,16H2,1H3,(H,18,20). The highest BCUT2D eigenvalue weighted by atomic mass is 35.5. The number of aromatic nitrogens is 1. The first-order chi connectivity index (χ1) is 9.60. The molecule has 0 bridgehead atoms. The number of nitrogens with one attached hydrogen (secondary N) is 1. The van der Waals surface area contributed by atoms with Crippen molar-refractivity contribution in [3.8, 4) is 0 Å². The van der Waals surface area contributed by atoms with E-state index >= 15 is 0 Å². The maximum Gasteiger partial charge on any atom is 0.253 e. The van der Waals surface area contributed by atoms with E-state index < -0.39 is 0 Å². The van der Waals surface area contributed by atoms with Gasteiger partial charge < -0.3 is 16.0 Å². The van der Waals surface area contributed by atoms with Gasteiger partial charge in [-0.05, 0) is 31.9 Å². The minimum Gasteiger partial charge on any atom is -0.397 e. The van der Waals surface area contributed by atoms with Crippen molar-refractivity contribution >= 4 is 23.2 Å². The monoisotopic (exact) mass is 296 g/mol. The van der Waals surface area contributed by atoms with Gasteiger partial charge in [-0.15, -0.1) is 0 Å². The molecule has 0 aromatic carbocycles. The van der Waals surface area contributed by atoms with Gasteiger partial charge in [-0.1, -0.05) is 18.5 Å². The fourth-order valence-corrected chi connectivity index (χ4v) is 2.68. The van der Waals surface area contributed by atoms with Crippen LogP contribution in [0.15, 0.2) is 12.3 Å². The second-order valence-corrected chi connectivity index (χ2v) is 5.57. The molecule has 1 aliphatic heterocycles.